The van der Waals surface area contributed by atoms with Crippen molar-refractivity contribution >= 4 is 16.7 Å². The number of H-pyrrole nitrogens is 1. The van der Waals surface area contributed by atoms with Gasteiger partial charge in [0.25, 0.3) is 5.56 Å². The second-order valence-corrected chi connectivity index (χ2v) is 12.1. The standard InChI is InChI=1S/C32H39N5O/c1-32(2,3)25-14-12-24(13-15-25)31-33-27-9-6-10-28(30(27)34-31)36-19-17-35(18-20-36)21-23-11-16-29(38)37(22-23)26-7-4-5-8-26/h6,9-16,22,26H,4-5,7-8,17-21H2,1-3H3,(H,33,34). The monoisotopic (exact) mass is 509 g/mol. The maximum atomic E-state index is 12.4. The lowest BCUT2D eigenvalue weighted by atomic mass is 9.87. The fraction of sp³-hybridized carbons (Fsp3) is 0.438. The highest BCUT2D eigenvalue weighted by Gasteiger charge is 2.22. The summed E-state index contributed by atoms with van der Waals surface area (Å²) in [7, 11) is 0. The second-order valence-electron chi connectivity index (χ2n) is 12.1. The fourth-order valence-electron chi connectivity index (χ4n) is 6.05. The number of anilines is 1. The summed E-state index contributed by atoms with van der Waals surface area (Å²) in [5.41, 5.74) is 7.28. The maximum absolute atomic E-state index is 12.4. The highest BCUT2D eigenvalue weighted by atomic mass is 16.1. The maximum Gasteiger partial charge on any atom is 0.250 e. The van der Waals surface area contributed by atoms with Crippen molar-refractivity contribution in [2.24, 2.45) is 0 Å². The SMILES string of the molecule is CC(C)(C)c1ccc(-c2nc3c(N4CCN(Cc5ccc(=O)n(C6CCCC6)c5)CC4)cccc3[nH]2)cc1. The van der Waals surface area contributed by atoms with Crippen LogP contribution in [0.4, 0.5) is 5.69 Å². The molecule has 38 heavy (non-hydrogen) atoms. The van der Waals surface area contributed by atoms with Crippen molar-refractivity contribution in [2.45, 2.75) is 64.5 Å². The molecule has 0 bridgehead atoms. The molecule has 0 atom stereocenters. The molecule has 6 heteroatoms. The van der Waals surface area contributed by atoms with Crippen molar-refractivity contribution in [3.8, 4) is 11.4 Å². The highest BCUT2D eigenvalue weighted by molar-refractivity contribution is 5.91. The predicted octanol–water partition coefficient (Wildman–Crippen LogP) is 6.13. The van der Waals surface area contributed by atoms with E-state index in [1.165, 1.54) is 29.7 Å². The third-order valence-corrected chi connectivity index (χ3v) is 8.35. The van der Waals surface area contributed by atoms with Crippen LogP contribution in [0, 0.1) is 0 Å². The molecule has 0 unspecified atom stereocenters. The smallest absolute Gasteiger partial charge is 0.250 e. The molecule has 0 spiro atoms. The summed E-state index contributed by atoms with van der Waals surface area (Å²) in [6.45, 7) is 11.5. The van der Waals surface area contributed by atoms with E-state index < -0.39 is 0 Å². The van der Waals surface area contributed by atoms with Crippen LogP contribution in [0.3, 0.4) is 0 Å². The van der Waals surface area contributed by atoms with Gasteiger partial charge in [0.15, 0.2) is 0 Å². The molecule has 1 N–H and O–H groups in total. The number of fused-ring (bicyclic) bond motifs is 1. The number of nitrogens with zero attached hydrogens (tertiary/aromatic N) is 4. The molecule has 4 aromatic rings. The van der Waals surface area contributed by atoms with Gasteiger partial charge in [0, 0.05) is 56.6 Å². The van der Waals surface area contributed by atoms with Gasteiger partial charge in [0.05, 0.1) is 11.2 Å². The van der Waals surface area contributed by atoms with Crippen molar-refractivity contribution in [3.63, 3.8) is 0 Å². The molecular weight excluding hydrogens is 470 g/mol. The Morgan fingerprint density at radius 1 is 0.921 bits per heavy atom. The average molecular weight is 510 g/mol. The van der Waals surface area contributed by atoms with Gasteiger partial charge >= 0.3 is 0 Å². The molecule has 198 valence electrons. The van der Waals surface area contributed by atoms with E-state index in [4.69, 9.17) is 4.98 Å². The number of imidazole rings is 1. The lowest BCUT2D eigenvalue weighted by Crippen LogP contribution is -2.46. The Morgan fingerprint density at radius 2 is 1.66 bits per heavy atom. The van der Waals surface area contributed by atoms with Gasteiger partial charge in [-0.2, -0.15) is 0 Å². The first-order chi connectivity index (χ1) is 18.3. The predicted molar refractivity (Wildman–Crippen MR) is 156 cm³/mol. The van der Waals surface area contributed by atoms with Crippen LogP contribution in [0.2, 0.25) is 0 Å². The highest BCUT2D eigenvalue weighted by Crippen LogP contribution is 2.31. The van der Waals surface area contributed by atoms with E-state index in [2.05, 4.69) is 84.2 Å². The van der Waals surface area contributed by atoms with Gasteiger partial charge in [-0.25, -0.2) is 4.98 Å². The first kappa shape index (κ1) is 24.9. The lowest BCUT2D eigenvalue weighted by Gasteiger charge is -2.36. The Balaban J connectivity index is 1.15. The molecule has 2 fully saturated rings. The summed E-state index contributed by atoms with van der Waals surface area (Å²) in [6.07, 6.45) is 6.84. The normalized spacial score (nSPS) is 17.5. The minimum atomic E-state index is 0.137. The quantitative estimate of drug-likeness (QED) is 0.352. The van der Waals surface area contributed by atoms with E-state index in [0.29, 0.717) is 6.04 Å². The number of para-hydroxylation sites is 1. The van der Waals surface area contributed by atoms with Crippen LogP contribution in [0.1, 0.15) is 63.6 Å². The zero-order valence-corrected chi connectivity index (χ0v) is 22.9. The third kappa shape index (κ3) is 5.02. The van der Waals surface area contributed by atoms with Crippen LogP contribution < -0.4 is 10.5 Å². The van der Waals surface area contributed by atoms with Crippen LogP contribution >= 0.6 is 0 Å². The van der Waals surface area contributed by atoms with Gasteiger partial charge in [0.2, 0.25) is 0 Å². The molecular formula is C32H39N5O. The Hall–Kier alpha value is -3.38. The third-order valence-electron chi connectivity index (χ3n) is 8.35. The first-order valence-electron chi connectivity index (χ1n) is 14.1. The van der Waals surface area contributed by atoms with Gasteiger partial charge in [0.1, 0.15) is 11.3 Å². The van der Waals surface area contributed by atoms with E-state index in [-0.39, 0.29) is 11.0 Å². The number of aromatic amines is 1. The average Bonchev–Trinajstić information content (AvgIpc) is 3.60. The molecule has 2 aliphatic rings. The minimum Gasteiger partial charge on any atom is -0.367 e. The zero-order valence-electron chi connectivity index (χ0n) is 22.9. The number of hydrogen-bond donors (Lipinski definition) is 1. The number of hydrogen-bond acceptors (Lipinski definition) is 4. The van der Waals surface area contributed by atoms with Crippen LogP contribution in [-0.2, 0) is 12.0 Å². The molecule has 3 heterocycles. The first-order valence-corrected chi connectivity index (χ1v) is 14.1. The van der Waals surface area contributed by atoms with Crippen molar-refractivity contribution in [3.05, 3.63) is 82.3 Å². The van der Waals surface area contributed by atoms with E-state index in [9.17, 15) is 4.79 Å². The van der Waals surface area contributed by atoms with Crippen LogP contribution in [0.25, 0.3) is 22.4 Å². The number of nitrogens with one attached hydrogen (secondary N) is 1. The molecule has 0 radical (unpaired) electrons. The van der Waals surface area contributed by atoms with Gasteiger partial charge in [-0.1, -0.05) is 70.0 Å². The molecule has 2 aromatic heterocycles. The molecule has 0 amide bonds. The van der Waals surface area contributed by atoms with E-state index >= 15 is 0 Å². The Kier molecular flexibility index (Phi) is 6.60. The zero-order chi connectivity index (χ0) is 26.3. The van der Waals surface area contributed by atoms with Gasteiger partial charge < -0.3 is 14.5 Å². The van der Waals surface area contributed by atoms with Crippen molar-refractivity contribution < 1.29 is 0 Å². The number of piperazine rings is 1. The molecule has 1 aliphatic heterocycles. The van der Waals surface area contributed by atoms with Crippen LogP contribution in [0.15, 0.2) is 65.6 Å². The largest absolute Gasteiger partial charge is 0.367 e. The van der Waals surface area contributed by atoms with Crippen LogP contribution in [-0.4, -0.2) is 45.6 Å². The molecule has 1 saturated carbocycles. The van der Waals surface area contributed by atoms with Gasteiger partial charge in [-0.3, -0.25) is 9.69 Å². The Morgan fingerprint density at radius 3 is 2.37 bits per heavy atom. The topological polar surface area (TPSA) is 57.2 Å². The second kappa shape index (κ2) is 10.1. The van der Waals surface area contributed by atoms with Crippen LogP contribution in [0.5, 0.6) is 0 Å². The van der Waals surface area contributed by atoms with Crippen molar-refractivity contribution in [1.82, 2.24) is 19.4 Å². The lowest BCUT2D eigenvalue weighted by molar-refractivity contribution is 0.249. The van der Waals surface area contributed by atoms with Crippen molar-refractivity contribution in [2.75, 3.05) is 31.1 Å². The fourth-order valence-corrected chi connectivity index (χ4v) is 6.05. The van der Waals surface area contributed by atoms with Crippen molar-refractivity contribution in [1.29, 1.82) is 0 Å². The minimum absolute atomic E-state index is 0.137. The summed E-state index contributed by atoms with van der Waals surface area (Å²) in [5, 5.41) is 0. The van der Waals surface area contributed by atoms with E-state index in [1.54, 1.807) is 6.07 Å². The summed E-state index contributed by atoms with van der Waals surface area (Å²) in [5.74, 6) is 0.920. The molecule has 2 aromatic carbocycles. The number of benzene rings is 2. The number of aromatic nitrogens is 3. The molecule has 1 saturated heterocycles. The van der Waals surface area contributed by atoms with Gasteiger partial charge in [-0.15, -0.1) is 0 Å². The molecule has 6 nitrogen and oxygen atoms in total. The summed E-state index contributed by atoms with van der Waals surface area (Å²) in [6, 6.07) is 19.4. The summed E-state index contributed by atoms with van der Waals surface area (Å²) < 4.78 is 1.99. The molecule has 6 rings (SSSR count). The summed E-state index contributed by atoms with van der Waals surface area (Å²) >= 11 is 0. The molecule has 1 aliphatic carbocycles. The van der Waals surface area contributed by atoms with E-state index in [1.807, 2.05) is 10.6 Å². The Bertz CT molecular complexity index is 1460. The van der Waals surface area contributed by atoms with Gasteiger partial charge in [-0.05, 0) is 41.5 Å². The summed E-state index contributed by atoms with van der Waals surface area (Å²) in [4.78, 5) is 26.0. The number of pyridine rings is 1. The number of rotatable bonds is 5. The Labute approximate surface area is 225 Å². The van der Waals surface area contributed by atoms with E-state index in [0.717, 1.165) is 68.0 Å².